The van der Waals surface area contributed by atoms with Crippen molar-refractivity contribution in [2.45, 2.75) is 19.9 Å². The van der Waals surface area contributed by atoms with Crippen LogP contribution in [0.15, 0.2) is 30.5 Å². The summed E-state index contributed by atoms with van der Waals surface area (Å²) in [4.78, 5) is 14.8. The fraction of sp³-hybridized carbons (Fsp3) is 0.231. The average molecular weight is 265 g/mol. The van der Waals surface area contributed by atoms with Gasteiger partial charge in [0.2, 0.25) is 0 Å². The lowest BCUT2D eigenvalue weighted by molar-refractivity contribution is -0.136. The van der Waals surface area contributed by atoms with E-state index in [4.69, 9.17) is 16.7 Å². The molecular weight excluding hydrogens is 252 g/mol. The Morgan fingerprint density at radius 1 is 1.44 bits per heavy atom. The van der Waals surface area contributed by atoms with E-state index in [-0.39, 0.29) is 6.42 Å². The standard InChI is InChI=1S/C13H13ClN2O2/c1-9-15-11(6-13(17)18)8-16(9)7-10-4-2-3-5-12(10)14/h2-5,8H,6-7H2,1H3,(H,17,18). The van der Waals surface area contributed by atoms with Crippen LogP contribution in [0.4, 0.5) is 0 Å². The molecule has 4 nitrogen and oxygen atoms in total. The molecule has 0 aliphatic heterocycles. The molecule has 0 radical (unpaired) electrons. The molecule has 5 heteroatoms. The minimum atomic E-state index is -0.877. The van der Waals surface area contributed by atoms with Gasteiger partial charge in [0.1, 0.15) is 5.82 Å². The van der Waals surface area contributed by atoms with E-state index in [1.54, 1.807) is 6.20 Å². The van der Waals surface area contributed by atoms with Crippen LogP contribution in [0.1, 0.15) is 17.1 Å². The van der Waals surface area contributed by atoms with Crippen molar-refractivity contribution in [3.05, 3.63) is 52.6 Å². The van der Waals surface area contributed by atoms with Crippen molar-refractivity contribution >= 4 is 17.6 Å². The van der Waals surface area contributed by atoms with Crippen molar-refractivity contribution in [2.75, 3.05) is 0 Å². The molecule has 0 amide bonds. The number of imidazole rings is 1. The lowest BCUT2D eigenvalue weighted by Gasteiger charge is -2.06. The Bertz CT molecular complexity index is 578. The highest BCUT2D eigenvalue weighted by molar-refractivity contribution is 6.31. The van der Waals surface area contributed by atoms with Crippen molar-refractivity contribution in [3.8, 4) is 0 Å². The smallest absolute Gasteiger partial charge is 0.309 e. The summed E-state index contributed by atoms with van der Waals surface area (Å²) >= 11 is 6.09. The number of aromatic nitrogens is 2. The van der Waals surface area contributed by atoms with Gasteiger partial charge in [0.25, 0.3) is 0 Å². The fourth-order valence-corrected chi connectivity index (χ4v) is 1.98. The van der Waals surface area contributed by atoms with E-state index in [2.05, 4.69) is 4.98 Å². The second kappa shape index (κ2) is 5.23. The molecule has 1 N–H and O–H groups in total. The molecule has 94 valence electrons. The number of halogens is 1. The van der Waals surface area contributed by atoms with Gasteiger partial charge in [-0.1, -0.05) is 29.8 Å². The molecule has 18 heavy (non-hydrogen) atoms. The molecule has 0 aliphatic carbocycles. The number of benzene rings is 1. The number of hydrogen-bond donors (Lipinski definition) is 1. The summed E-state index contributed by atoms with van der Waals surface area (Å²) in [6.07, 6.45) is 1.70. The zero-order chi connectivity index (χ0) is 13.1. The normalized spacial score (nSPS) is 10.6. The van der Waals surface area contributed by atoms with Gasteiger partial charge in [-0.05, 0) is 18.6 Å². The highest BCUT2D eigenvalue weighted by Gasteiger charge is 2.09. The second-order valence-electron chi connectivity index (χ2n) is 4.07. The van der Waals surface area contributed by atoms with Crippen molar-refractivity contribution in [3.63, 3.8) is 0 Å². The molecule has 0 unspecified atom stereocenters. The minimum absolute atomic E-state index is 0.0592. The van der Waals surface area contributed by atoms with E-state index in [1.807, 2.05) is 35.8 Å². The van der Waals surface area contributed by atoms with E-state index in [0.29, 0.717) is 17.3 Å². The van der Waals surface area contributed by atoms with E-state index >= 15 is 0 Å². The summed E-state index contributed by atoms with van der Waals surface area (Å²) in [5, 5.41) is 9.43. The Morgan fingerprint density at radius 2 is 2.17 bits per heavy atom. The monoisotopic (exact) mass is 264 g/mol. The number of nitrogens with zero attached hydrogens (tertiary/aromatic N) is 2. The average Bonchev–Trinajstić information content (AvgIpc) is 2.61. The Kier molecular flexibility index (Phi) is 3.67. The Balaban J connectivity index is 2.22. The highest BCUT2D eigenvalue weighted by atomic mass is 35.5. The molecule has 0 saturated heterocycles. The third-order valence-electron chi connectivity index (χ3n) is 2.66. The summed E-state index contributed by atoms with van der Waals surface area (Å²) in [5.74, 6) is -0.0939. The maximum absolute atomic E-state index is 10.6. The number of aryl methyl sites for hydroxylation is 1. The van der Waals surface area contributed by atoms with Gasteiger partial charge < -0.3 is 9.67 Å². The van der Waals surface area contributed by atoms with Crippen molar-refractivity contribution in [2.24, 2.45) is 0 Å². The van der Waals surface area contributed by atoms with Crippen LogP contribution in [0.3, 0.4) is 0 Å². The van der Waals surface area contributed by atoms with Gasteiger partial charge in [-0.25, -0.2) is 4.98 Å². The number of carboxylic acids is 1. The van der Waals surface area contributed by atoms with Crippen LogP contribution < -0.4 is 0 Å². The maximum Gasteiger partial charge on any atom is 0.309 e. The topological polar surface area (TPSA) is 55.1 Å². The van der Waals surface area contributed by atoms with Crippen molar-refractivity contribution in [1.82, 2.24) is 9.55 Å². The third kappa shape index (κ3) is 2.90. The maximum atomic E-state index is 10.6. The summed E-state index contributed by atoms with van der Waals surface area (Å²) in [6, 6.07) is 7.58. The molecule has 2 aromatic rings. The minimum Gasteiger partial charge on any atom is -0.481 e. The number of rotatable bonds is 4. The van der Waals surface area contributed by atoms with Crippen LogP contribution in [0.5, 0.6) is 0 Å². The van der Waals surface area contributed by atoms with Crippen LogP contribution in [0, 0.1) is 6.92 Å². The molecule has 0 bridgehead atoms. The molecule has 0 atom stereocenters. The molecule has 0 fully saturated rings. The third-order valence-corrected chi connectivity index (χ3v) is 3.03. The molecule has 1 aromatic carbocycles. The first kappa shape index (κ1) is 12.6. The van der Waals surface area contributed by atoms with Gasteiger partial charge in [-0.3, -0.25) is 4.79 Å². The molecule has 1 heterocycles. The Labute approximate surface area is 110 Å². The first-order valence-corrected chi connectivity index (χ1v) is 5.92. The van der Waals surface area contributed by atoms with E-state index < -0.39 is 5.97 Å². The zero-order valence-electron chi connectivity index (χ0n) is 9.93. The van der Waals surface area contributed by atoms with Gasteiger partial charge in [0.05, 0.1) is 18.7 Å². The quantitative estimate of drug-likeness (QED) is 0.923. The first-order valence-electron chi connectivity index (χ1n) is 5.54. The van der Waals surface area contributed by atoms with Gasteiger partial charge in [0, 0.05) is 11.2 Å². The van der Waals surface area contributed by atoms with Gasteiger partial charge in [0.15, 0.2) is 0 Å². The molecular formula is C13H13ClN2O2. The Hall–Kier alpha value is -1.81. The zero-order valence-corrected chi connectivity index (χ0v) is 10.7. The summed E-state index contributed by atoms with van der Waals surface area (Å²) in [7, 11) is 0. The molecule has 0 saturated carbocycles. The van der Waals surface area contributed by atoms with Crippen LogP contribution in [0.2, 0.25) is 5.02 Å². The highest BCUT2D eigenvalue weighted by Crippen LogP contribution is 2.17. The lowest BCUT2D eigenvalue weighted by atomic mass is 10.2. The van der Waals surface area contributed by atoms with Crippen molar-refractivity contribution < 1.29 is 9.90 Å². The summed E-state index contributed by atoms with van der Waals surface area (Å²) in [6.45, 7) is 2.44. The van der Waals surface area contributed by atoms with E-state index in [0.717, 1.165) is 11.4 Å². The molecule has 2 rings (SSSR count). The SMILES string of the molecule is Cc1nc(CC(=O)O)cn1Cc1ccccc1Cl. The Morgan fingerprint density at radius 3 is 2.83 bits per heavy atom. The second-order valence-corrected chi connectivity index (χ2v) is 4.48. The number of hydrogen-bond acceptors (Lipinski definition) is 2. The predicted octanol–water partition coefficient (Wildman–Crippen LogP) is 2.52. The summed E-state index contributed by atoms with van der Waals surface area (Å²) < 4.78 is 1.90. The summed E-state index contributed by atoms with van der Waals surface area (Å²) in [5.41, 5.74) is 1.55. The molecule has 1 aromatic heterocycles. The van der Waals surface area contributed by atoms with Gasteiger partial charge in [-0.15, -0.1) is 0 Å². The van der Waals surface area contributed by atoms with Crippen LogP contribution in [-0.2, 0) is 17.8 Å². The number of carboxylic acid groups (broad SMARTS) is 1. The molecule has 0 spiro atoms. The van der Waals surface area contributed by atoms with Crippen LogP contribution in [0.25, 0.3) is 0 Å². The van der Waals surface area contributed by atoms with Gasteiger partial charge >= 0.3 is 5.97 Å². The van der Waals surface area contributed by atoms with Crippen LogP contribution >= 0.6 is 11.6 Å². The number of aliphatic carboxylic acids is 1. The lowest BCUT2D eigenvalue weighted by Crippen LogP contribution is -2.01. The largest absolute Gasteiger partial charge is 0.481 e. The molecule has 0 aliphatic rings. The van der Waals surface area contributed by atoms with Crippen molar-refractivity contribution in [1.29, 1.82) is 0 Å². The van der Waals surface area contributed by atoms with E-state index in [1.165, 1.54) is 0 Å². The van der Waals surface area contributed by atoms with Gasteiger partial charge in [-0.2, -0.15) is 0 Å². The van der Waals surface area contributed by atoms with E-state index in [9.17, 15) is 4.79 Å². The first-order chi connectivity index (χ1) is 8.56. The van der Waals surface area contributed by atoms with Crippen LogP contribution in [-0.4, -0.2) is 20.6 Å². The fourth-order valence-electron chi connectivity index (χ4n) is 1.78. The predicted molar refractivity (Wildman–Crippen MR) is 68.9 cm³/mol. The number of carbonyl (C=O) groups is 1.